The summed E-state index contributed by atoms with van der Waals surface area (Å²) in [7, 11) is 1.60. The minimum atomic E-state index is 0.394. The van der Waals surface area contributed by atoms with Crippen LogP contribution in [0.5, 0.6) is 11.5 Å². The van der Waals surface area contributed by atoms with Gasteiger partial charge >= 0.3 is 0 Å². The summed E-state index contributed by atoms with van der Waals surface area (Å²) in [6.07, 6.45) is 3.27. The molecule has 0 radical (unpaired) electrons. The molecular weight excluding hydrogens is 396 g/mol. The predicted octanol–water partition coefficient (Wildman–Crippen LogP) is 3.63. The Hall–Kier alpha value is -2.91. The summed E-state index contributed by atoms with van der Waals surface area (Å²) < 4.78 is 16.5. The van der Waals surface area contributed by atoms with Crippen LogP contribution in [0.3, 0.4) is 0 Å². The topological polar surface area (TPSA) is 80.9 Å². The summed E-state index contributed by atoms with van der Waals surface area (Å²) in [5, 5.41) is 10.5. The first-order chi connectivity index (χ1) is 13.6. The molecule has 0 bridgehead atoms. The zero-order valence-corrected chi connectivity index (χ0v) is 17.1. The van der Waals surface area contributed by atoms with Crippen LogP contribution in [0.2, 0.25) is 0 Å². The molecule has 2 aromatic heterocycles. The number of hydrazone groups is 1. The van der Waals surface area contributed by atoms with Crippen molar-refractivity contribution in [2.75, 3.05) is 7.11 Å². The highest BCUT2D eigenvalue weighted by molar-refractivity contribution is 7.80. The number of aryl methyl sites for hydroxylation is 1. The van der Waals surface area contributed by atoms with Crippen molar-refractivity contribution in [2.45, 2.75) is 20.1 Å². The number of thiocarbonyl (C=S) groups is 1. The molecule has 146 valence electrons. The molecule has 28 heavy (non-hydrogen) atoms. The van der Waals surface area contributed by atoms with Gasteiger partial charge in [0.25, 0.3) is 0 Å². The maximum absolute atomic E-state index is 5.81. The van der Waals surface area contributed by atoms with E-state index in [2.05, 4.69) is 20.8 Å². The van der Waals surface area contributed by atoms with Crippen LogP contribution in [0.15, 0.2) is 51.5 Å². The third-order valence-electron chi connectivity index (χ3n) is 3.61. The molecule has 7 nitrogen and oxygen atoms in total. The first-order valence-corrected chi connectivity index (χ1v) is 9.74. The van der Waals surface area contributed by atoms with Gasteiger partial charge in [0.05, 0.1) is 36.8 Å². The van der Waals surface area contributed by atoms with E-state index in [1.165, 1.54) is 0 Å². The zero-order valence-electron chi connectivity index (χ0n) is 15.5. The van der Waals surface area contributed by atoms with Gasteiger partial charge in [0.15, 0.2) is 16.6 Å². The summed E-state index contributed by atoms with van der Waals surface area (Å²) in [5.74, 6) is 2.06. The first kappa shape index (κ1) is 19.8. The third kappa shape index (κ3) is 5.80. The van der Waals surface area contributed by atoms with E-state index in [9.17, 15) is 0 Å². The Morgan fingerprint density at radius 2 is 2.25 bits per heavy atom. The lowest BCUT2D eigenvalue weighted by Gasteiger charge is -2.10. The number of rotatable bonds is 8. The molecule has 9 heteroatoms. The van der Waals surface area contributed by atoms with Crippen LogP contribution in [0.1, 0.15) is 22.0 Å². The number of nitrogens with zero attached hydrogens (tertiary/aromatic N) is 2. The average Bonchev–Trinajstić information content (AvgIpc) is 3.36. The van der Waals surface area contributed by atoms with Crippen LogP contribution in [0, 0.1) is 6.92 Å². The second-order valence-corrected chi connectivity index (χ2v) is 7.16. The molecule has 0 aliphatic carbocycles. The lowest BCUT2D eigenvalue weighted by Crippen LogP contribution is -2.31. The summed E-state index contributed by atoms with van der Waals surface area (Å²) in [4.78, 5) is 4.39. The minimum absolute atomic E-state index is 0.394. The van der Waals surface area contributed by atoms with E-state index in [-0.39, 0.29) is 0 Å². The maximum Gasteiger partial charge on any atom is 0.187 e. The van der Waals surface area contributed by atoms with Gasteiger partial charge in [0.1, 0.15) is 12.4 Å². The summed E-state index contributed by atoms with van der Waals surface area (Å²) in [6, 6.07) is 9.25. The summed E-state index contributed by atoms with van der Waals surface area (Å²) >= 11 is 6.77. The number of thiazole rings is 1. The van der Waals surface area contributed by atoms with Gasteiger partial charge < -0.3 is 19.2 Å². The Morgan fingerprint density at radius 3 is 2.96 bits per heavy atom. The molecule has 0 spiro atoms. The standard InChI is InChI=1S/C19H20N4O3S2/c1-13-22-15(12-28-13)11-26-17-6-5-14(8-18(17)24-2)9-21-23-19(27)20-10-16-4-3-7-25-16/h3-9,12H,10-11H2,1-2H3,(H2,20,23,27)/b21-9-. The monoisotopic (exact) mass is 416 g/mol. The van der Waals surface area contributed by atoms with Crippen molar-refractivity contribution in [3.05, 3.63) is 64.0 Å². The van der Waals surface area contributed by atoms with Crippen molar-refractivity contribution >= 4 is 34.9 Å². The highest BCUT2D eigenvalue weighted by Crippen LogP contribution is 2.28. The van der Waals surface area contributed by atoms with E-state index in [1.807, 2.05) is 42.6 Å². The van der Waals surface area contributed by atoms with Gasteiger partial charge in [-0.05, 0) is 55.0 Å². The second-order valence-electron chi connectivity index (χ2n) is 5.69. The molecule has 0 aliphatic rings. The van der Waals surface area contributed by atoms with Crippen LogP contribution < -0.4 is 20.2 Å². The van der Waals surface area contributed by atoms with Crippen molar-refractivity contribution in [3.63, 3.8) is 0 Å². The SMILES string of the molecule is COc1cc(/C=N\NC(=S)NCc2ccco2)ccc1OCc1csc(C)n1. The van der Waals surface area contributed by atoms with E-state index < -0.39 is 0 Å². The van der Waals surface area contributed by atoms with Crippen LogP contribution >= 0.6 is 23.6 Å². The third-order valence-corrected chi connectivity index (χ3v) is 4.67. The Kier molecular flexibility index (Phi) is 6.99. The van der Waals surface area contributed by atoms with Crippen LogP contribution in [-0.4, -0.2) is 23.4 Å². The van der Waals surface area contributed by atoms with Gasteiger partial charge in [-0.3, -0.25) is 5.43 Å². The Bertz CT molecular complexity index is 939. The molecule has 0 amide bonds. The van der Waals surface area contributed by atoms with Crippen molar-refractivity contribution < 1.29 is 13.9 Å². The number of ether oxygens (including phenoxy) is 2. The van der Waals surface area contributed by atoms with E-state index in [1.54, 1.807) is 30.9 Å². The fourth-order valence-corrected chi connectivity index (χ4v) is 3.02. The average molecular weight is 417 g/mol. The molecule has 0 atom stereocenters. The fourth-order valence-electron chi connectivity index (χ4n) is 2.30. The number of aromatic nitrogens is 1. The molecule has 1 aromatic carbocycles. The fraction of sp³-hybridized carbons (Fsp3) is 0.211. The van der Waals surface area contributed by atoms with Gasteiger partial charge in [-0.25, -0.2) is 4.98 Å². The van der Waals surface area contributed by atoms with Crippen LogP contribution in [0.4, 0.5) is 0 Å². The molecular formula is C19H20N4O3S2. The number of hydrogen-bond acceptors (Lipinski definition) is 7. The predicted molar refractivity (Wildman–Crippen MR) is 113 cm³/mol. The Labute approximate surface area is 172 Å². The van der Waals surface area contributed by atoms with Gasteiger partial charge in [0.2, 0.25) is 0 Å². The van der Waals surface area contributed by atoms with Crippen molar-refractivity contribution in [1.29, 1.82) is 0 Å². The van der Waals surface area contributed by atoms with Crippen LogP contribution in [-0.2, 0) is 13.2 Å². The molecule has 0 aliphatic heterocycles. The quantitative estimate of drug-likeness (QED) is 0.330. The number of hydrogen-bond donors (Lipinski definition) is 2. The van der Waals surface area contributed by atoms with Gasteiger partial charge in [0, 0.05) is 5.38 Å². The molecule has 2 heterocycles. The molecule has 0 fully saturated rings. The van der Waals surface area contributed by atoms with E-state index in [0.717, 1.165) is 22.0 Å². The van der Waals surface area contributed by atoms with E-state index in [0.29, 0.717) is 29.8 Å². The highest BCUT2D eigenvalue weighted by atomic mass is 32.1. The number of methoxy groups -OCH3 is 1. The number of furan rings is 1. The molecule has 0 saturated heterocycles. The van der Waals surface area contributed by atoms with Gasteiger partial charge in [-0.15, -0.1) is 11.3 Å². The van der Waals surface area contributed by atoms with Crippen LogP contribution in [0.25, 0.3) is 0 Å². The lowest BCUT2D eigenvalue weighted by molar-refractivity contribution is 0.281. The lowest BCUT2D eigenvalue weighted by atomic mass is 10.2. The zero-order chi connectivity index (χ0) is 19.8. The maximum atomic E-state index is 5.81. The normalized spacial score (nSPS) is 10.8. The molecule has 3 rings (SSSR count). The minimum Gasteiger partial charge on any atom is -0.493 e. The number of nitrogens with one attached hydrogen (secondary N) is 2. The largest absolute Gasteiger partial charge is 0.493 e. The molecule has 3 aromatic rings. The smallest absolute Gasteiger partial charge is 0.187 e. The molecule has 0 unspecified atom stereocenters. The van der Waals surface area contributed by atoms with Gasteiger partial charge in [-0.2, -0.15) is 5.10 Å². The number of benzene rings is 1. The highest BCUT2D eigenvalue weighted by Gasteiger charge is 2.07. The molecule has 0 saturated carbocycles. The first-order valence-electron chi connectivity index (χ1n) is 8.45. The van der Waals surface area contributed by atoms with Crippen molar-refractivity contribution in [2.24, 2.45) is 5.10 Å². The Morgan fingerprint density at radius 1 is 1.36 bits per heavy atom. The summed E-state index contributed by atoms with van der Waals surface area (Å²) in [5.41, 5.74) is 4.50. The van der Waals surface area contributed by atoms with Gasteiger partial charge in [-0.1, -0.05) is 0 Å². The van der Waals surface area contributed by atoms with Crippen molar-refractivity contribution in [1.82, 2.24) is 15.7 Å². The van der Waals surface area contributed by atoms with E-state index >= 15 is 0 Å². The van der Waals surface area contributed by atoms with Crippen molar-refractivity contribution in [3.8, 4) is 11.5 Å². The molecule has 2 N–H and O–H groups in total. The van der Waals surface area contributed by atoms with E-state index in [4.69, 9.17) is 26.1 Å². The summed E-state index contributed by atoms with van der Waals surface area (Å²) in [6.45, 7) is 2.85. The Balaban J connectivity index is 1.52. The second kappa shape index (κ2) is 9.86.